The van der Waals surface area contributed by atoms with Crippen molar-refractivity contribution in [3.63, 3.8) is 0 Å². The van der Waals surface area contributed by atoms with E-state index >= 15 is 0 Å². The van der Waals surface area contributed by atoms with Gasteiger partial charge in [-0.3, -0.25) is 14.7 Å². The van der Waals surface area contributed by atoms with Crippen LogP contribution in [0.3, 0.4) is 0 Å². The van der Waals surface area contributed by atoms with Crippen LogP contribution in [-0.4, -0.2) is 63.3 Å². The molecule has 2 aliphatic rings. The molecule has 3 amide bonds. The summed E-state index contributed by atoms with van der Waals surface area (Å²) in [5.41, 5.74) is 1.19. The number of pyridine rings is 1. The Labute approximate surface area is 197 Å². The number of likely N-dealkylation sites (tertiary alicyclic amines) is 1. The topological polar surface area (TPSA) is 56.8 Å². The summed E-state index contributed by atoms with van der Waals surface area (Å²) in [6, 6.07) is 15.6. The summed E-state index contributed by atoms with van der Waals surface area (Å²) in [5.74, 6) is 0.642. The first-order valence-corrected chi connectivity index (χ1v) is 12.4. The molecular weight excluding hydrogens is 412 g/mol. The molecule has 6 nitrogen and oxygen atoms in total. The second-order valence-electron chi connectivity index (χ2n) is 9.40. The van der Waals surface area contributed by atoms with E-state index in [2.05, 4.69) is 35.9 Å². The summed E-state index contributed by atoms with van der Waals surface area (Å²) < 4.78 is 0. The predicted molar refractivity (Wildman–Crippen MR) is 130 cm³/mol. The number of amides is 3. The Bertz CT molecular complexity index is 922. The van der Waals surface area contributed by atoms with E-state index < -0.39 is 5.54 Å². The van der Waals surface area contributed by atoms with Crippen LogP contribution < -0.4 is 0 Å². The van der Waals surface area contributed by atoms with Gasteiger partial charge >= 0.3 is 6.03 Å². The van der Waals surface area contributed by atoms with Crippen LogP contribution in [0.4, 0.5) is 4.79 Å². The lowest BCUT2D eigenvalue weighted by Crippen LogP contribution is -2.57. The molecule has 1 aromatic heterocycles. The maximum absolute atomic E-state index is 13.8. The minimum Gasteiger partial charge on any atom is -0.309 e. The molecule has 2 fully saturated rings. The summed E-state index contributed by atoms with van der Waals surface area (Å²) in [5, 5.41) is 0. The molecule has 1 spiro atoms. The number of carbonyl (C=O) groups excluding carboxylic acids is 2. The first kappa shape index (κ1) is 23.4. The van der Waals surface area contributed by atoms with Gasteiger partial charge in [0.25, 0.3) is 5.91 Å². The van der Waals surface area contributed by atoms with Crippen molar-refractivity contribution in [2.24, 2.45) is 5.92 Å². The Morgan fingerprint density at radius 3 is 2.30 bits per heavy atom. The van der Waals surface area contributed by atoms with Crippen LogP contribution in [-0.2, 0) is 17.8 Å². The summed E-state index contributed by atoms with van der Waals surface area (Å²) in [6.07, 6.45) is 6.21. The number of urea groups is 1. The van der Waals surface area contributed by atoms with E-state index in [1.54, 1.807) is 6.20 Å². The lowest BCUT2D eigenvalue weighted by molar-refractivity contribution is -0.136. The molecule has 4 rings (SSSR count). The van der Waals surface area contributed by atoms with E-state index in [9.17, 15) is 9.59 Å². The van der Waals surface area contributed by atoms with Crippen molar-refractivity contribution in [2.75, 3.05) is 26.2 Å². The molecule has 0 bridgehead atoms. The molecule has 176 valence electrons. The molecule has 0 atom stereocenters. The number of hydrogen-bond acceptors (Lipinski definition) is 4. The molecular formula is C27H36N4O2. The molecule has 2 saturated heterocycles. The van der Waals surface area contributed by atoms with E-state index in [0.29, 0.717) is 25.3 Å². The van der Waals surface area contributed by atoms with Crippen LogP contribution in [0.15, 0.2) is 54.7 Å². The van der Waals surface area contributed by atoms with Crippen molar-refractivity contribution < 1.29 is 9.59 Å². The second-order valence-corrected chi connectivity index (χ2v) is 9.40. The molecule has 3 heterocycles. The highest BCUT2D eigenvalue weighted by Gasteiger charge is 2.57. The zero-order valence-electron chi connectivity index (χ0n) is 19.9. The van der Waals surface area contributed by atoms with Crippen molar-refractivity contribution >= 4 is 11.9 Å². The summed E-state index contributed by atoms with van der Waals surface area (Å²) in [4.78, 5) is 37.5. The monoisotopic (exact) mass is 448 g/mol. The average Bonchev–Trinajstić information content (AvgIpc) is 3.04. The summed E-state index contributed by atoms with van der Waals surface area (Å²) >= 11 is 0. The van der Waals surface area contributed by atoms with E-state index in [1.807, 2.05) is 41.3 Å². The molecule has 1 aromatic carbocycles. The lowest BCUT2D eigenvalue weighted by Gasteiger charge is -2.43. The van der Waals surface area contributed by atoms with Crippen molar-refractivity contribution in [2.45, 2.75) is 58.0 Å². The highest BCUT2D eigenvalue weighted by atomic mass is 16.2. The number of imide groups is 1. The van der Waals surface area contributed by atoms with Gasteiger partial charge in [-0.1, -0.05) is 63.1 Å². The second kappa shape index (κ2) is 10.5. The Kier molecular flexibility index (Phi) is 7.43. The number of hydrogen-bond donors (Lipinski definition) is 0. The van der Waals surface area contributed by atoms with Crippen LogP contribution in [0.5, 0.6) is 0 Å². The minimum atomic E-state index is -0.731. The Morgan fingerprint density at radius 1 is 0.970 bits per heavy atom. The molecule has 0 radical (unpaired) electrons. The van der Waals surface area contributed by atoms with Crippen molar-refractivity contribution in [3.8, 4) is 0 Å². The zero-order valence-corrected chi connectivity index (χ0v) is 19.9. The maximum Gasteiger partial charge on any atom is 0.328 e. The fourth-order valence-corrected chi connectivity index (χ4v) is 5.27. The molecule has 0 unspecified atom stereocenters. The highest BCUT2D eigenvalue weighted by molar-refractivity contribution is 6.07. The fraction of sp³-hybridized carbons (Fsp3) is 0.519. The van der Waals surface area contributed by atoms with Gasteiger partial charge in [0.1, 0.15) is 5.54 Å². The van der Waals surface area contributed by atoms with Crippen LogP contribution in [0, 0.1) is 5.92 Å². The minimum absolute atomic E-state index is 0.0478. The largest absolute Gasteiger partial charge is 0.328 e. The summed E-state index contributed by atoms with van der Waals surface area (Å²) in [6.45, 7) is 8.08. The number of nitrogens with zero attached hydrogens (tertiary/aromatic N) is 4. The van der Waals surface area contributed by atoms with Gasteiger partial charge in [0.15, 0.2) is 0 Å². The first-order valence-electron chi connectivity index (χ1n) is 12.4. The molecule has 0 N–H and O–H groups in total. The number of carbonyl (C=O) groups is 2. The molecule has 33 heavy (non-hydrogen) atoms. The Balaban J connectivity index is 1.53. The van der Waals surface area contributed by atoms with E-state index in [1.165, 1.54) is 23.3 Å². The van der Waals surface area contributed by atoms with Crippen LogP contribution in [0.2, 0.25) is 0 Å². The third kappa shape index (κ3) is 4.96. The molecule has 6 heteroatoms. The van der Waals surface area contributed by atoms with Crippen molar-refractivity contribution in [1.29, 1.82) is 0 Å². The van der Waals surface area contributed by atoms with Gasteiger partial charge in [-0.15, -0.1) is 0 Å². The first-order chi connectivity index (χ1) is 16.1. The number of piperidine rings is 1. The zero-order chi connectivity index (χ0) is 23.3. The highest BCUT2D eigenvalue weighted by Crippen LogP contribution is 2.38. The predicted octanol–water partition coefficient (Wildman–Crippen LogP) is 4.36. The summed E-state index contributed by atoms with van der Waals surface area (Å²) in [7, 11) is 0. The van der Waals surface area contributed by atoms with E-state index in [0.717, 1.165) is 31.7 Å². The lowest BCUT2D eigenvalue weighted by atomic mass is 9.85. The van der Waals surface area contributed by atoms with E-state index in [-0.39, 0.29) is 18.5 Å². The van der Waals surface area contributed by atoms with Gasteiger partial charge < -0.3 is 9.80 Å². The molecule has 2 aromatic rings. The van der Waals surface area contributed by atoms with Gasteiger partial charge in [-0.05, 0) is 42.9 Å². The molecule has 2 aliphatic heterocycles. The van der Waals surface area contributed by atoms with Crippen LogP contribution in [0.25, 0.3) is 0 Å². The number of rotatable bonds is 9. The van der Waals surface area contributed by atoms with E-state index in [4.69, 9.17) is 0 Å². The molecule has 0 saturated carbocycles. The number of benzene rings is 1. The Morgan fingerprint density at radius 2 is 1.67 bits per heavy atom. The van der Waals surface area contributed by atoms with Gasteiger partial charge in [-0.2, -0.15) is 0 Å². The van der Waals surface area contributed by atoms with Crippen molar-refractivity contribution in [1.82, 2.24) is 19.7 Å². The third-order valence-corrected chi connectivity index (χ3v) is 7.49. The third-order valence-electron chi connectivity index (χ3n) is 7.49. The molecule has 0 aliphatic carbocycles. The van der Waals surface area contributed by atoms with Gasteiger partial charge in [-0.25, -0.2) is 4.79 Å². The van der Waals surface area contributed by atoms with Gasteiger partial charge in [0.2, 0.25) is 0 Å². The fourth-order valence-electron chi connectivity index (χ4n) is 5.27. The van der Waals surface area contributed by atoms with Crippen LogP contribution >= 0.6 is 0 Å². The average molecular weight is 449 g/mol. The normalized spacial score (nSPS) is 18.6. The standard InChI is InChI=1S/C27H36N4O2/c1-3-22(4-2)20-29-18-14-27(15-19-29)25(32)30(21-24-12-8-9-16-28-24)26(33)31(27)17-13-23-10-6-5-7-11-23/h5-12,16,22H,3-4,13-15,17-21H2,1-2H3. The smallest absolute Gasteiger partial charge is 0.309 e. The van der Waals surface area contributed by atoms with Crippen molar-refractivity contribution in [3.05, 3.63) is 66.0 Å². The van der Waals surface area contributed by atoms with Gasteiger partial charge in [0, 0.05) is 32.4 Å². The Hall–Kier alpha value is -2.73. The van der Waals surface area contributed by atoms with Crippen LogP contribution in [0.1, 0.15) is 50.8 Å². The maximum atomic E-state index is 13.8. The number of aromatic nitrogens is 1. The quantitative estimate of drug-likeness (QED) is 0.535. The van der Waals surface area contributed by atoms with Gasteiger partial charge in [0.05, 0.1) is 12.2 Å². The SMILES string of the molecule is CCC(CC)CN1CCC2(CC1)C(=O)N(Cc1ccccn1)C(=O)N2CCc1ccccc1.